The summed E-state index contributed by atoms with van der Waals surface area (Å²) in [5, 5.41) is 20.5. The zero-order valence-electron chi connectivity index (χ0n) is 19.7. The highest BCUT2D eigenvalue weighted by molar-refractivity contribution is 7.99. The normalized spacial score (nSPS) is 19.6. The second-order valence-corrected chi connectivity index (χ2v) is 10.4. The molecule has 1 N–H and O–H groups in total. The van der Waals surface area contributed by atoms with Gasteiger partial charge in [-0.15, -0.1) is 10.2 Å². The van der Waals surface area contributed by atoms with Crippen LogP contribution in [0.15, 0.2) is 59.8 Å². The molecule has 3 heterocycles. The number of phenolic OH excluding ortho intramolecular Hbond substituents is 1. The number of aromatic hydroxyl groups is 1. The van der Waals surface area contributed by atoms with Crippen LogP contribution in [0.2, 0.25) is 0 Å². The molecule has 6 nitrogen and oxygen atoms in total. The van der Waals surface area contributed by atoms with Crippen LogP contribution in [0.25, 0.3) is 0 Å². The highest BCUT2D eigenvalue weighted by atomic mass is 32.2. The Bertz CT molecular complexity index is 1040. The lowest BCUT2D eigenvalue weighted by atomic mass is 9.95. The second-order valence-electron chi connectivity index (χ2n) is 9.35. The van der Waals surface area contributed by atoms with Crippen LogP contribution in [-0.4, -0.2) is 56.3 Å². The summed E-state index contributed by atoms with van der Waals surface area (Å²) in [4.78, 5) is 2.43. The summed E-state index contributed by atoms with van der Waals surface area (Å²) in [5.74, 6) is 2.92. The maximum atomic E-state index is 10.1. The molecular formula is C27H34N4O2S. The first-order valence-electron chi connectivity index (χ1n) is 12.5. The van der Waals surface area contributed by atoms with Crippen LogP contribution in [0.4, 0.5) is 0 Å². The van der Waals surface area contributed by atoms with Crippen molar-refractivity contribution in [1.29, 1.82) is 0 Å². The maximum Gasteiger partial charge on any atom is 0.191 e. The number of ether oxygens (including phenoxy) is 1. The summed E-state index contributed by atoms with van der Waals surface area (Å²) in [6, 6.07) is 18.3. The van der Waals surface area contributed by atoms with Crippen molar-refractivity contribution in [2.24, 2.45) is 0 Å². The molecule has 0 bridgehead atoms. The lowest BCUT2D eigenvalue weighted by molar-refractivity contribution is 0.0931. The van der Waals surface area contributed by atoms with E-state index in [9.17, 15) is 5.11 Å². The summed E-state index contributed by atoms with van der Waals surface area (Å²) < 4.78 is 8.33. The van der Waals surface area contributed by atoms with Crippen LogP contribution >= 0.6 is 11.8 Å². The third kappa shape index (κ3) is 5.82. The van der Waals surface area contributed by atoms with Gasteiger partial charge in [-0.25, -0.2) is 0 Å². The first kappa shape index (κ1) is 23.4. The number of benzene rings is 2. The zero-order chi connectivity index (χ0) is 23.2. The van der Waals surface area contributed by atoms with Gasteiger partial charge in [0.2, 0.25) is 0 Å². The SMILES string of the molecule is Oc1ccccc1CN1CCC(c2nnc(SCCc3ccccc3)n2C[C@H]2CCCO2)CC1. The molecule has 2 aliphatic rings. The predicted molar refractivity (Wildman–Crippen MR) is 135 cm³/mol. The number of para-hydroxylation sites is 1. The molecule has 0 spiro atoms. The minimum Gasteiger partial charge on any atom is -0.508 e. The van der Waals surface area contributed by atoms with Gasteiger partial charge in [0.1, 0.15) is 11.6 Å². The third-order valence-electron chi connectivity index (χ3n) is 6.96. The summed E-state index contributed by atoms with van der Waals surface area (Å²) in [6.45, 7) is 4.52. The van der Waals surface area contributed by atoms with Gasteiger partial charge in [0.25, 0.3) is 0 Å². The topological polar surface area (TPSA) is 63.4 Å². The molecule has 1 atom stereocenters. The average Bonchev–Trinajstić information content (AvgIpc) is 3.53. The molecule has 2 fully saturated rings. The Labute approximate surface area is 206 Å². The van der Waals surface area contributed by atoms with E-state index in [1.807, 2.05) is 30.0 Å². The number of piperidine rings is 1. The molecule has 0 unspecified atom stereocenters. The predicted octanol–water partition coefficient (Wildman–Crippen LogP) is 4.88. The highest BCUT2D eigenvalue weighted by Crippen LogP contribution is 2.32. The van der Waals surface area contributed by atoms with E-state index in [1.165, 1.54) is 5.56 Å². The van der Waals surface area contributed by atoms with Crippen molar-refractivity contribution >= 4 is 11.8 Å². The summed E-state index contributed by atoms with van der Waals surface area (Å²) >= 11 is 1.81. The van der Waals surface area contributed by atoms with Crippen molar-refractivity contribution in [3.63, 3.8) is 0 Å². The van der Waals surface area contributed by atoms with Crippen LogP contribution in [0.5, 0.6) is 5.75 Å². The number of hydrogen-bond acceptors (Lipinski definition) is 6. The van der Waals surface area contributed by atoms with Gasteiger partial charge in [-0.05, 0) is 56.8 Å². The third-order valence-corrected chi connectivity index (χ3v) is 7.93. The Morgan fingerprint density at radius 2 is 1.76 bits per heavy atom. The maximum absolute atomic E-state index is 10.1. The minimum absolute atomic E-state index is 0.268. The number of likely N-dealkylation sites (tertiary alicyclic amines) is 1. The Morgan fingerprint density at radius 3 is 2.53 bits per heavy atom. The van der Waals surface area contributed by atoms with Crippen LogP contribution in [0, 0.1) is 0 Å². The lowest BCUT2D eigenvalue weighted by Gasteiger charge is -2.32. The standard InChI is InChI=1S/C27H34N4O2S/c32-25-11-5-4-9-23(25)19-30-15-12-22(13-16-30)26-28-29-27(31(26)20-24-10-6-17-33-24)34-18-14-21-7-2-1-3-8-21/h1-5,7-9,11,22,24,32H,6,10,12-20H2/t24-/m1/s1. The van der Waals surface area contributed by atoms with E-state index < -0.39 is 0 Å². The van der Waals surface area contributed by atoms with Crippen molar-refractivity contribution in [3.05, 3.63) is 71.5 Å². The molecule has 3 aromatic rings. The Hall–Kier alpha value is -2.35. The van der Waals surface area contributed by atoms with Gasteiger partial charge in [-0.1, -0.05) is 60.3 Å². The molecule has 0 aliphatic carbocycles. The van der Waals surface area contributed by atoms with Crippen LogP contribution in [-0.2, 0) is 24.2 Å². The molecule has 2 aliphatic heterocycles. The summed E-state index contributed by atoms with van der Waals surface area (Å²) in [5.41, 5.74) is 2.36. The summed E-state index contributed by atoms with van der Waals surface area (Å²) in [7, 11) is 0. The molecule has 0 saturated carbocycles. The van der Waals surface area contributed by atoms with Crippen molar-refractivity contribution in [2.45, 2.75) is 62.4 Å². The fourth-order valence-corrected chi connectivity index (χ4v) is 5.95. The molecule has 34 heavy (non-hydrogen) atoms. The molecule has 5 rings (SSSR count). The number of thioether (sulfide) groups is 1. The number of aryl methyl sites for hydroxylation is 1. The van der Waals surface area contributed by atoms with Crippen molar-refractivity contribution in [1.82, 2.24) is 19.7 Å². The van der Waals surface area contributed by atoms with Gasteiger partial charge >= 0.3 is 0 Å². The molecule has 7 heteroatoms. The Kier molecular flexibility index (Phi) is 7.83. The Balaban J connectivity index is 1.23. The monoisotopic (exact) mass is 478 g/mol. The van der Waals surface area contributed by atoms with E-state index in [0.717, 1.165) is 87.2 Å². The average molecular weight is 479 g/mol. The van der Waals surface area contributed by atoms with Gasteiger partial charge < -0.3 is 14.4 Å². The van der Waals surface area contributed by atoms with Crippen LogP contribution in [0.3, 0.4) is 0 Å². The highest BCUT2D eigenvalue weighted by Gasteiger charge is 2.28. The minimum atomic E-state index is 0.268. The fraction of sp³-hybridized carbons (Fsp3) is 0.481. The molecular weight excluding hydrogens is 444 g/mol. The zero-order valence-corrected chi connectivity index (χ0v) is 20.5. The second kappa shape index (κ2) is 11.4. The number of nitrogens with zero attached hydrogens (tertiary/aromatic N) is 4. The molecule has 2 aromatic carbocycles. The number of aromatic nitrogens is 3. The van der Waals surface area contributed by atoms with Crippen molar-refractivity contribution in [3.8, 4) is 5.75 Å². The number of phenols is 1. The van der Waals surface area contributed by atoms with Gasteiger partial charge in [0.15, 0.2) is 5.16 Å². The molecule has 180 valence electrons. The first-order valence-corrected chi connectivity index (χ1v) is 13.5. The smallest absolute Gasteiger partial charge is 0.191 e. The fourth-order valence-electron chi connectivity index (χ4n) is 5.01. The molecule has 0 radical (unpaired) electrons. The van der Waals surface area contributed by atoms with Gasteiger partial charge in [-0.2, -0.15) is 0 Å². The van der Waals surface area contributed by atoms with E-state index in [0.29, 0.717) is 11.7 Å². The molecule has 1 aromatic heterocycles. The Morgan fingerprint density at radius 1 is 0.971 bits per heavy atom. The van der Waals surface area contributed by atoms with Gasteiger partial charge in [0, 0.05) is 30.4 Å². The van der Waals surface area contributed by atoms with Crippen LogP contribution in [0.1, 0.15) is 48.6 Å². The summed E-state index contributed by atoms with van der Waals surface area (Å²) in [6.07, 6.45) is 5.67. The number of rotatable bonds is 9. The van der Waals surface area contributed by atoms with E-state index in [2.05, 4.69) is 44.9 Å². The number of hydrogen-bond donors (Lipinski definition) is 1. The van der Waals surface area contributed by atoms with Crippen molar-refractivity contribution in [2.75, 3.05) is 25.4 Å². The first-order chi connectivity index (χ1) is 16.8. The largest absolute Gasteiger partial charge is 0.508 e. The van der Waals surface area contributed by atoms with Gasteiger partial charge in [-0.3, -0.25) is 4.90 Å². The van der Waals surface area contributed by atoms with E-state index in [-0.39, 0.29) is 6.10 Å². The van der Waals surface area contributed by atoms with Gasteiger partial charge in [0.05, 0.1) is 12.6 Å². The molecule has 2 saturated heterocycles. The van der Waals surface area contributed by atoms with E-state index in [1.54, 1.807) is 6.07 Å². The van der Waals surface area contributed by atoms with E-state index >= 15 is 0 Å². The lowest BCUT2D eigenvalue weighted by Crippen LogP contribution is -2.33. The molecule has 0 amide bonds. The van der Waals surface area contributed by atoms with Crippen LogP contribution < -0.4 is 0 Å². The quantitative estimate of drug-likeness (QED) is 0.443. The van der Waals surface area contributed by atoms with Crippen molar-refractivity contribution < 1.29 is 9.84 Å². The van der Waals surface area contributed by atoms with E-state index in [4.69, 9.17) is 9.84 Å².